The van der Waals surface area contributed by atoms with Crippen LogP contribution in [-0.4, -0.2) is 71.3 Å². The summed E-state index contributed by atoms with van der Waals surface area (Å²) in [5.74, 6) is -2.96. The Balaban J connectivity index is 1.75. The number of hydrogen-bond donors (Lipinski definition) is 1. The SMILES string of the molecule is C=CCCCOC(=O)[C@@H]1[C@H]2C(=O)N([C@@H](CO)C(C)C)C(C(=O)N(CC=C)c3ccc(Cl)cc3)C23CC[C@H]1O3. The molecule has 0 radical (unpaired) electrons. The summed E-state index contributed by atoms with van der Waals surface area (Å²) in [6, 6.07) is 5.22. The Kier molecular flexibility index (Phi) is 8.65. The average Bonchev–Trinajstić information content (AvgIpc) is 3.53. The Morgan fingerprint density at radius 2 is 2.00 bits per heavy atom. The molecule has 1 spiro atoms. The van der Waals surface area contributed by atoms with Crippen LogP contribution in [0.3, 0.4) is 0 Å². The second-order valence-corrected chi connectivity index (χ2v) is 11.0. The fourth-order valence-corrected chi connectivity index (χ4v) is 6.46. The van der Waals surface area contributed by atoms with Crippen molar-refractivity contribution in [2.45, 2.75) is 63.3 Å². The molecular formula is C29H37ClN2O6. The van der Waals surface area contributed by atoms with E-state index < -0.39 is 41.6 Å². The number of aliphatic hydroxyl groups is 1. The van der Waals surface area contributed by atoms with Gasteiger partial charge in [0.05, 0.1) is 37.2 Å². The summed E-state index contributed by atoms with van der Waals surface area (Å²) in [4.78, 5) is 44.9. The predicted molar refractivity (Wildman–Crippen MR) is 145 cm³/mol. The molecule has 1 aromatic rings. The van der Waals surface area contributed by atoms with Crippen LogP contribution in [0.25, 0.3) is 0 Å². The van der Waals surface area contributed by atoms with Gasteiger partial charge in [-0.05, 0) is 55.9 Å². The third-order valence-electron chi connectivity index (χ3n) is 8.07. The van der Waals surface area contributed by atoms with E-state index in [1.807, 2.05) is 13.8 Å². The molecule has 0 aliphatic carbocycles. The molecule has 3 fully saturated rings. The second-order valence-electron chi connectivity index (χ2n) is 10.6. The van der Waals surface area contributed by atoms with Crippen LogP contribution in [0.5, 0.6) is 0 Å². The third-order valence-corrected chi connectivity index (χ3v) is 8.32. The number of allylic oxidation sites excluding steroid dienone is 1. The summed E-state index contributed by atoms with van der Waals surface area (Å²) < 4.78 is 12.0. The van der Waals surface area contributed by atoms with Gasteiger partial charge in [0, 0.05) is 17.3 Å². The standard InChI is InChI=1S/C29H37ClN2O6/c1-5-7-8-16-37-28(36)23-22-13-14-29(38-22)24(23)26(34)32(21(17-33)18(3)4)25(29)27(35)31(15-6-2)20-11-9-19(30)10-12-20/h5-6,9-12,18,21-25,33H,1-2,7-8,13-17H2,3-4H3/t21-,22+,23-,24-,25?,29?/m0/s1. The van der Waals surface area contributed by atoms with Crippen molar-refractivity contribution < 1.29 is 29.0 Å². The molecule has 4 rings (SSSR count). The first-order chi connectivity index (χ1) is 18.2. The van der Waals surface area contributed by atoms with Crippen molar-refractivity contribution in [3.05, 3.63) is 54.6 Å². The van der Waals surface area contributed by atoms with E-state index in [2.05, 4.69) is 13.2 Å². The summed E-state index contributed by atoms with van der Waals surface area (Å²) in [5.41, 5.74) is -0.583. The molecule has 2 amide bonds. The number of carbonyl (C=O) groups excluding carboxylic acids is 3. The van der Waals surface area contributed by atoms with Gasteiger partial charge in [-0.3, -0.25) is 14.4 Å². The van der Waals surface area contributed by atoms with E-state index >= 15 is 0 Å². The molecule has 2 bridgehead atoms. The van der Waals surface area contributed by atoms with Crippen LogP contribution in [-0.2, 0) is 23.9 Å². The Morgan fingerprint density at radius 3 is 2.61 bits per heavy atom. The summed E-state index contributed by atoms with van der Waals surface area (Å²) in [5, 5.41) is 10.9. The molecule has 0 saturated carbocycles. The van der Waals surface area contributed by atoms with Gasteiger partial charge in [-0.15, -0.1) is 13.2 Å². The number of unbranched alkanes of at least 4 members (excludes halogenated alkanes) is 1. The van der Waals surface area contributed by atoms with Gasteiger partial charge < -0.3 is 24.4 Å². The molecule has 1 aromatic carbocycles. The zero-order valence-electron chi connectivity index (χ0n) is 22.1. The van der Waals surface area contributed by atoms with Crippen molar-refractivity contribution in [3.63, 3.8) is 0 Å². The highest BCUT2D eigenvalue weighted by atomic mass is 35.5. The number of fused-ring (bicyclic) bond motifs is 1. The van der Waals surface area contributed by atoms with E-state index in [1.54, 1.807) is 41.3 Å². The van der Waals surface area contributed by atoms with Crippen molar-refractivity contribution in [3.8, 4) is 0 Å². The number of rotatable bonds is 12. The molecule has 3 heterocycles. The molecule has 206 valence electrons. The van der Waals surface area contributed by atoms with Crippen LogP contribution in [0.2, 0.25) is 5.02 Å². The number of anilines is 1. The maximum atomic E-state index is 14.4. The molecule has 3 saturated heterocycles. The largest absolute Gasteiger partial charge is 0.465 e. The highest BCUT2D eigenvalue weighted by Crippen LogP contribution is 2.59. The van der Waals surface area contributed by atoms with E-state index in [1.165, 1.54) is 4.90 Å². The van der Waals surface area contributed by atoms with E-state index in [9.17, 15) is 19.5 Å². The molecule has 9 heteroatoms. The molecule has 6 atom stereocenters. The van der Waals surface area contributed by atoms with Gasteiger partial charge in [0.15, 0.2) is 0 Å². The smallest absolute Gasteiger partial charge is 0.312 e. The van der Waals surface area contributed by atoms with Gasteiger partial charge in [-0.25, -0.2) is 0 Å². The van der Waals surface area contributed by atoms with Crippen molar-refractivity contribution >= 4 is 35.1 Å². The zero-order chi connectivity index (χ0) is 27.6. The van der Waals surface area contributed by atoms with Crippen LogP contribution >= 0.6 is 11.6 Å². The Morgan fingerprint density at radius 1 is 1.29 bits per heavy atom. The first-order valence-corrected chi connectivity index (χ1v) is 13.7. The number of amides is 2. The van der Waals surface area contributed by atoms with Gasteiger partial charge >= 0.3 is 5.97 Å². The van der Waals surface area contributed by atoms with Crippen LogP contribution in [0.4, 0.5) is 5.69 Å². The summed E-state index contributed by atoms with van der Waals surface area (Å²) in [6.45, 7) is 11.4. The number of carbonyl (C=O) groups is 3. The maximum absolute atomic E-state index is 14.4. The molecule has 38 heavy (non-hydrogen) atoms. The predicted octanol–water partition coefficient (Wildman–Crippen LogP) is 3.76. The van der Waals surface area contributed by atoms with Crippen LogP contribution < -0.4 is 4.90 Å². The number of aliphatic hydroxyl groups excluding tert-OH is 1. The quantitative estimate of drug-likeness (QED) is 0.244. The molecule has 8 nitrogen and oxygen atoms in total. The van der Waals surface area contributed by atoms with E-state index in [0.717, 1.165) is 0 Å². The monoisotopic (exact) mass is 544 g/mol. The van der Waals surface area contributed by atoms with Gasteiger partial charge in [0.1, 0.15) is 11.6 Å². The normalized spacial score (nSPS) is 28.3. The van der Waals surface area contributed by atoms with Crippen LogP contribution in [0.1, 0.15) is 39.5 Å². The van der Waals surface area contributed by atoms with Gasteiger partial charge in [-0.2, -0.15) is 0 Å². The lowest BCUT2D eigenvalue weighted by Gasteiger charge is -2.40. The lowest BCUT2D eigenvalue weighted by atomic mass is 9.70. The van der Waals surface area contributed by atoms with E-state index in [0.29, 0.717) is 36.4 Å². The van der Waals surface area contributed by atoms with E-state index in [4.69, 9.17) is 21.1 Å². The highest BCUT2D eigenvalue weighted by molar-refractivity contribution is 6.30. The minimum Gasteiger partial charge on any atom is -0.465 e. The Labute approximate surface area is 229 Å². The number of likely N-dealkylation sites (tertiary alicyclic amines) is 1. The van der Waals surface area contributed by atoms with E-state index in [-0.39, 0.29) is 37.5 Å². The first kappa shape index (κ1) is 28.3. The summed E-state index contributed by atoms with van der Waals surface area (Å²) >= 11 is 6.09. The number of benzene rings is 1. The average molecular weight is 545 g/mol. The molecule has 1 N–H and O–H groups in total. The molecule has 3 aliphatic heterocycles. The fourth-order valence-electron chi connectivity index (χ4n) is 6.33. The third kappa shape index (κ3) is 4.78. The second kappa shape index (κ2) is 11.6. The van der Waals surface area contributed by atoms with Gasteiger partial charge in [0.25, 0.3) is 5.91 Å². The Bertz CT molecular complexity index is 1080. The molecule has 3 aliphatic rings. The number of esters is 1. The number of ether oxygens (including phenoxy) is 2. The fraction of sp³-hybridized carbons (Fsp3) is 0.552. The maximum Gasteiger partial charge on any atom is 0.312 e. The topological polar surface area (TPSA) is 96.4 Å². The number of halogens is 1. The van der Waals surface area contributed by atoms with Gasteiger partial charge in [0.2, 0.25) is 5.91 Å². The number of hydrogen-bond acceptors (Lipinski definition) is 6. The van der Waals surface area contributed by atoms with Gasteiger partial charge in [-0.1, -0.05) is 37.6 Å². The summed E-state index contributed by atoms with van der Waals surface area (Å²) in [7, 11) is 0. The first-order valence-electron chi connectivity index (χ1n) is 13.3. The Hall–Kier alpha value is -2.68. The van der Waals surface area contributed by atoms with Crippen molar-refractivity contribution in [2.24, 2.45) is 17.8 Å². The molecule has 2 unspecified atom stereocenters. The number of nitrogens with zero attached hydrogens (tertiary/aromatic N) is 2. The summed E-state index contributed by atoms with van der Waals surface area (Å²) in [6.07, 6.45) is 5.23. The molecule has 0 aromatic heterocycles. The van der Waals surface area contributed by atoms with Crippen molar-refractivity contribution in [1.82, 2.24) is 4.90 Å². The van der Waals surface area contributed by atoms with Crippen LogP contribution in [0, 0.1) is 17.8 Å². The lowest BCUT2D eigenvalue weighted by Crippen LogP contribution is -2.59. The lowest BCUT2D eigenvalue weighted by molar-refractivity contribution is -0.156. The van der Waals surface area contributed by atoms with Crippen molar-refractivity contribution in [1.29, 1.82) is 0 Å². The van der Waals surface area contributed by atoms with Crippen molar-refractivity contribution in [2.75, 3.05) is 24.7 Å². The zero-order valence-corrected chi connectivity index (χ0v) is 22.8. The molecular weight excluding hydrogens is 508 g/mol. The minimum absolute atomic E-state index is 0.139. The van der Waals surface area contributed by atoms with Crippen LogP contribution in [0.15, 0.2) is 49.6 Å². The minimum atomic E-state index is -1.18. The highest BCUT2D eigenvalue weighted by Gasteiger charge is 2.75.